The van der Waals surface area contributed by atoms with Gasteiger partial charge in [0.15, 0.2) is 5.82 Å². The summed E-state index contributed by atoms with van der Waals surface area (Å²) in [5.41, 5.74) is 0.997. The molecule has 1 aliphatic rings. The number of ether oxygens (including phenoxy) is 1. The topological polar surface area (TPSA) is 70.2 Å². The summed E-state index contributed by atoms with van der Waals surface area (Å²) in [6.45, 7) is 6.60. The highest BCUT2D eigenvalue weighted by Gasteiger charge is 2.19. The van der Waals surface area contributed by atoms with Crippen molar-refractivity contribution >= 4 is 16.7 Å². The summed E-state index contributed by atoms with van der Waals surface area (Å²) in [7, 11) is 1.68. The van der Waals surface area contributed by atoms with Gasteiger partial charge in [-0.1, -0.05) is 0 Å². The molecule has 0 atom stereocenters. The van der Waals surface area contributed by atoms with Crippen LogP contribution >= 0.6 is 0 Å². The van der Waals surface area contributed by atoms with E-state index in [9.17, 15) is 0 Å². The molecule has 0 saturated carbocycles. The number of methoxy groups -OCH3 is 1. The maximum absolute atomic E-state index is 5.27. The van der Waals surface area contributed by atoms with Gasteiger partial charge in [0, 0.05) is 31.6 Å². The number of piperazine rings is 1. The Labute approximate surface area is 146 Å². The van der Waals surface area contributed by atoms with Crippen LogP contribution in [0.4, 0.5) is 5.82 Å². The van der Waals surface area contributed by atoms with Gasteiger partial charge >= 0.3 is 0 Å². The summed E-state index contributed by atoms with van der Waals surface area (Å²) in [5.74, 6) is 3.62. The Bertz CT molecular complexity index is 869. The zero-order chi connectivity index (χ0) is 17.2. The lowest BCUT2D eigenvalue weighted by molar-refractivity contribution is 0.244. The predicted octanol–water partition coefficient (Wildman–Crippen LogP) is 1.99. The number of pyridine rings is 1. The Kier molecular flexibility index (Phi) is 4.23. The van der Waals surface area contributed by atoms with Crippen molar-refractivity contribution in [2.24, 2.45) is 0 Å². The molecular formula is C18H22N6O. The molecule has 1 N–H and O–H groups in total. The second-order valence-corrected chi connectivity index (χ2v) is 6.33. The summed E-state index contributed by atoms with van der Waals surface area (Å²) >= 11 is 0. The number of anilines is 1. The highest BCUT2D eigenvalue weighted by atomic mass is 16.5. The van der Waals surface area contributed by atoms with Gasteiger partial charge in [-0.2, -0.15) is 5.10 Å². The molecule has 0 unspecified atom stereocenters. The van der Waals surface area contributed by atoms with E-state index in [1.807, 2.05) is 25.1 Å². The number of fused-ring (bicyclic) bond motifs is 1. The number of hydrogen-bond donors (Lipinski definition) is 1. The Balaban J connectivity index is 1.42. The summed E-state index contributed by atoms with van der Waals surface area (Å²) in [5, 5.41) is 8.22. The molecule has 0 aliphatic carbocycles. The average Bonchev–Trinajstić information content (AvgIpc) is 3.06. The first-order valence-electron chi connectivity index (χ1n) is 8.51. The smallest absolute Gasteiger partial charge is 0.164 e. The molecule has 130 valence electrons. The first kappa shape index (κ1) is 15.8. The Morgan fingerprint density at radius 3 is 2.64 bits per heavy atom. The second-order valence-electron chi connectivity index (χ2n) is 6.33. The van der Waals surface area contributed by atoms with Gasteiger partial charge in [-0.25, -0.2) is 9.97 Å². The number of benzene rings is 1. The van der Waals surface area contributed by atoms with Crippen molar-refractivity contribution in [1.29, 1.82) is 0 Å². The van der Waals surface area contributed by atoms with Gasteiger partial charge in [-0.3, -0.25) is 10.00 Å². The number of aromatic nitrogens is 4. The van der Waals surface area contributed by atoms with E-state index in [2.05, 4.69) is 37.1 Å². The van der Waals surface area contributed by atoms with Gasteiger partial charge < -0.3 is 9.64 Å². The number of nitrogens with one attached hydrogen (secondary N) is 1. The lowest BCUT2D eigenvalue weighted by Gasteiger charge is -2.34. The molecule has 4 rings (SSSR count). The molecule has 0 radical (unpaired) electrons. The zero-order valence-electron chi connectivity index (χ0n) is 14.6. The van der Waals surface area contributed by atoms with Crippen molar-refractivity contribution in [1.82, 2.24) is 25.1 Å². The fourth-order valence-corrected chi connectivity index (χ4v) is 3.19. The van der Waals surface area contributed by atoms with Gasteiger partial charge in [0.05, 0.1) is 19.2 Å². The molecule has 1 fully saturated rings. The first-order chi connectivity index (χ1) is 12.2. The molecule has 25 heavy (non-hydrogen) atoms. The van der Waals surface area contributed by atoms with E-state index in [-0.39, 0.29) is 0 Å². The van der Waals surface area contributed by atoms with Crippen LogP contribution in [0.3, 0.4) is 0 Å². The van der Waals surface area contributed by atoms with Crippen molar-refractivity contribution in [2.75, 3.05) is 38.2 Å². The van der Waals surface area contributed by atoms with Crippen molar-refractivity contribution in [2.45, 2.75) is 13.5 Å². The quantitative estimate of drug-likeness (QED) is 0.784. The first-order valence-corrected chi connectivity index (χ1v) is 8.51. The maximum Gasteiger partial charge on any atom is 0.164 e. The van der Waals surface area contributed by atoms with E-state index in [1.165, 1.54) is 0 Å². The van der Waals surface area contributed by atoms with Crippen LogP contribution in [0, 0.1) is 6.92 Å². The number of rotatable bonds is 4. The SMILES string of the molecule is COc1ccc2nc(N3CCN(Cc4n[nH]c(C)n4)CC3)ccc2c1. The highest BCUT2D eigenvalue weighted by Crippen LogP contribution is 2.23. The van der Waals surface area contributed by atoms with E-state index in [1.54, 1.807) is 7.11 Å². The lowest BCUT2D eigenvalue weighted by Crippen LogP contribution is -2.46. The molecule has 7 nitrogen and oxygen atoms in total. The number of hydrogen-bond acceptors (Lipinski definition) is 6. The largest absolute Gasteiger partial charge is 0.497 e. The maximum atomic E-state index is 5.27. The minimum atomic E-state index is 0.795. The number of nitrogens with zero attached hydrogens (tertiary/aromatic N) is 5. The third kappa shape index (κ3) is 3.41. The predicted molar refractivity (Wildman–Crippen MR) is 96.9 cm³/mol. The lowest BCUT2D eigenvalue weighted by atomic mass is 10.2. The molecule has 3 aromatic rings. The van der Waals surface area contributed by atoms with Crippen LogP contribution < -0.4 is 9.64 Å². The van der Waals surface area contributed by atoms with Crippen LogP contribution in [0.2, 0.25) is 0 Å². The van der Waals surface area contributed by atoms with E-state index in [0.717, 1.165) is 66.8 Å². The molecule has 1 aliphatic heterocycles. The minimum Gasteiger partial charge on any atom is -0.497 e. The molecule has 0 spiro atoms. The van der Waals surface area contributed by atoms with E-state index >= 15 is 0 Å². The third-order valence-corrected chi connectivity index (χ3v) is 4.59. The number of aromatic amines is 1. The Morgan fingerprint density at radius 1 is 1.08 bits per heavy atom. The van der Waals surface area contributed by atoms with E-state index in [4.69, 9.17) is 9.72 Å². The molecule has 3 heterocycles. The van der Waals surface area contributed by atoms with Crippen LogP contribution in [0.1, 0.15) is 11.6 Å². The molecule has 1 aromatic carbocycles. The Morgan fingerprint density at radius 2 is 1.92 bits per heavy atom. The standard InChI is InChI=1S/C18H22N6O/c1-13-19-17(22-21-13)12-23-7-9-24(10-8-23)18-6-3-14-11-15(25-2)4-5-16(14)20-18/h3-6,11H,7-10,12H2,1-2H3,(H,19,21,22). The van der Waals surface area contributed by atoms with E-state index < -0.39 is 0 Å². The number of H-pyrrole nitrogens is 1. The zero-order valence-corrected chi connectivity index (χ0v) is 14.6. The van der Waals surface area contributed by atoms with Crippen LogP contribution in [0.5, 0.6) is 5.75 Å². The molecule has 0 amide bonds. The van der Waals surface area contributed by atoms with Gasteiger partial charge in [-0.15, -0.1) is 0 Å². The van der Waals surface area contributed by atoms with Crippen molar-refractivity contribution in [3.8, 4) is 5.75 Å². The summed E-state index contributed by atoms with van der Waals surface area (Å²) in [6, 6.07) is 10.2. The fourth-order valence-electron chi connectivity index (χ4n) is 3.19. The van der Waals surface area contributed by atoms with E-state index in [0.29, 0.717) is 0 Å². The fraction of sp³-hybridized carbons (Fsp3) is 0.389. The summed E-state index contributed by atoms with van der Waals surface area (Å²) < 4.78 is 5.27. The summed E-state index contributed by atoms with van der Waals surface area (Å²) in [4.78, 5) is 13.9. The molecule has 2 aromatic heterocycles. The molecular weight excluding hydrogens is 316 g/mol. The van der Waals surface area contributed by atoms with Crippen molar-refractivity contribution < 1.29 is 4.74 Å². The van der Waals surface area contributed by atoms with Crippen LogP contribution in [0.25, 0.3) is 10.9 Å². The summed E-state index contributed by atoms with van der Waals surface area (Å²) in [6.07, 6.45) is 0. The normalized spacial score (nSPS) is 15.7. The average molecular weight is 338 g/mol. The third-order valence-electron chi connectivity index (χ3n) is 4.59. The molecule has 0 bridgehead atoms. The van der Waals surface area contributed by atoms with Crippen molar-refractivity contribution in [3.63, 3.8) is 0 Å². The van der Waals surface area contributed by atoms with Crippen LogP contribution in [0.15, 0.2) is 30.3 Å². The van der Waals surface area contributed by atoms with Gasteiger partial charge in [0.2, 0.25) is 0 Å². The highest BCUT2D eigenvalue weighted by molar-refractivity contribution is 5.81. The van der Waals surface area contributed by atoms with Crippen LogP contribution in [-0.2, 0) is 6.54 Å². The second kappa shape index (κ2) is 6.68. The van der Waals surface area contributed by atoms with Gasteiger partial charge in [0.25, 0.3) is 0 Å². The Hall–Kier alpha value is -2.67. The minimum absolute atomic E-state index is 0.795. The van der Waals surface area contributed by atoms with Gasteiger partial charge in [0.1, 0.15) is 17.4 Å². The van der Waals surface area contributed by atoms with Gasteiger partial charge in [-0.05, 0) is 37.3 Å². The molecule has 7 heteroatoms. The molecule has 1 saturated heterocycles. The number of aryl methyl sites for hydroxylation is 1. The monoisotopic (exact) mass is 338 g/mol. The van der Waals surface area contributed by atoms with Crippen LogP contribution in [-0.4, -0.2) is 58.4 Å². The van der Waals surface area contributed by atoms with Crippen molar-refractivity contribution in [3.05, 3.63) is 42.0 Å².